The number of anilines is 2. The van der Waals surface area contributed by atoms with Crippen molar-refractivity contribution < 1.29 is 9.47 Å². The average molecular weight is 329 g/mol. The van der Waals surface area contributed by atoms with Gasteiger partial charge in [0.1, 0.15) is 23.4 Å². The van der Waals surface area contributed by atoms with Gasteiger partial charge in [-0.25, -0.2) is 0 Å². The maximum atomic E-state index is 6.00. The van der Waals surface area contributed by atoms with Crippen molar-refractivity contribution in [2.45, 2.75) is 26.9 Å². The fraction of sp³-hybridized carbons (Fsp3) is 0.368. The molecule has 5 nitrogen and oxygen atoms in total. The Bertz CT molecular complexity index is 657. The van der Waals surface area contributed by atoms with Crippen LogP contribution in [0.15, 0.2) is 42.5 Å². The van der Waals surface area contributed by atoms with Gasteiger partial charge in [0.15, 0.2) is 0 Å². The third-order valence-corrected chi connectivity index (χ3v) is 3.85. The van der Waals surface area contributed by atoms with Gasteiger partial charge < -0.3 is 25.8 Å². The van der Waals surface area contributed by atoms with E-state index < -0.39 is 0 Å². The van der Waals surface area contributed by atoms with Gasteiger partial charge in [0.2, 0.25) is 0 Å². The van der Waals surface area contributed by atoms with Gasteiger partial charge in [-0.1, -0.05) is 19.9 Å². The molecule has 0 heterocycles. The molecule has 0 aliphatic rings. The molecule has 0 saturated carbocycles. The minimum Gasteiger partial charge on any atom is -0.489 e. The molecule has 1 atom stereocenters. The second kappa shape index (κ2) is 8.45. The monoisotopic (exact) mass is 329 g/mol. The summed E-state index contributed by atoms with van der Waals surface area (Å²) in [7, 11) is 0. The van der Waals surface area contributed by atoms with Gasteiger partial charge in [0.05, 0.1) is 11.4 Å². The molecule has 2 aromatic carbocycles. The Morgan fingerprint density at radius 1 is 0.917 bits per heavy atom. The van der Waals surface area contributed by atoms with Crippen LogP contribution in [-0.2, 0) is 0 Å². The van der Waals surface area contributed by atoms with Crippen LogP contribution in [0.5, 0.6) is 17.2 Å². The lowest BCUT2D eigenvalue weighted by Gasteiger charge is -2.23. The molecule has 2 aromatic rings. The van der Waals surface area contributed by atoms with E-state index in [1.54, 1.807) is 18.2 Å². The van der Waals surface area contributed by atoms with E-state index in [2.05, 4.69) is 25.7 Å². The highest BCUT2D eigenvalue weighted by Gasteiger charge is 2.09. The average Bonchev–Trinajstić information content (AvgIpc) is 2.56. The molecule has 0 aromatic heterocycles. The Morgan fingerprint density at radius 2 is 1.58 bits per heavy atom. The van der Waals surface area contributed by atoms with Crippen LogP contribution in [-0.4, -0.2) is 30.6 Å². The van der Waals surface area contributed by atoms with E-state index in [9.17, 15) is 0 Å². The van der Waals surface area contributed by atoms with E-state index >= 15 is 0 Å². The first kappa shape index (κ1) is 17.9. The Morgan fingerprint density at radius 3 is 2.25 bits per heavy atom. The number of nitrogens with zero attached hydrogens (tertiary/aromatic N) is 1. The quantitative estimate of drug-likeness (QED) is 0.722. The van der Waals surface area contributed by atoms with Crippen molar-refractivity contribution in [3.63, 3.8) is 0 Å². The molecule has 5 heteroatoms. The van der Waals surface area contributed by atoms with Crippen LogP contribution in [0.4, 0.5) is 11.4 Å². The van der Waals surface area contributed by atoms with Gasteiger partial charge in [-0.15, -0.1) is 0 Å². The number of ether oxygens (including phenoxy) is 2. The highest BCUT2D eigenvalue weighted by Crippen LogP contribution is 2.28. The predicted molar refractivity (Wildman–Crippen MR) is 99.7 cm³/mol. The maximum absolute atomic E-state index is 6.00. The first-order valence-corrected chi connectivity index (χ1v) is 8.33. The van der Waals surface area contributed by atoms with Crippen LogP contribution in [0.25, 0.3) is 0 Å². The predicted octanol–water partition coefficient (Wildman–Crippen LogP) is 3.75. The smallest absolute Gasteiger partial charge is 0.131 e. The summed E-state index contributed by atoms with van der Waals surface area (Å²) in [5.41, 5.74) is 12.6. The minimum absolute atomic E-state index is 0.104. The van der Waals surface area contributed by atoms with Gasteiger partial charge in [-0.05, 0) is 44.3 Å². The minimum atomic E-state index is 0.104. The second-order valence-electron chi connectivity index (χ2n) is 5.78. The third kappa shape index (κ3) is 5.06. The van der Waals surface area contributed by atoms with Crippen LogP contribution in [0.2, 0.25) is 0 Å². The first-order chi connectivity index (χ1) is 11.5. The highest BCUT2D eigenvalue weighted by atomic mass is 16.5. The SMILES string of the molecule is CCN(CC)CC(C)Oc1cccc(Oc2ccc(N)c(N)c2)c1. The summed E-state index contributed by atoms with van der Waals surface area (Å²) in [6.07, 6.45) is 0.104. The molecule has 0 aliphatic heterocycles. The van der Waals surface area contributed by atoms with E-state index in [0.29, 0.717) is 22.9 Å². The topological polar surface area (TPSA) is 73.7 Å². The van der Waals surface area contributed by atoms with Crippen molar-refractivity contribution in [1.82, 2.24) is 4.90 Å². The van der Waals surface area contributed by atoms with Gasteiger partial charge >= 0.3 is 0 Å². The van der Waals surface area contributed by atoms with Crippen LogP contribution in [0.3, 0.4) is 0 Å². The number of benzene rings is 2. The highest BCUT2D eigenvalue weighted by molar-refractivity contribution is 5.65. The fourth-order valence-electron chi connectivity index (χ4n) is 2.48. The number of likely N-dealkylation sites (N-methyl/N-ethyl adjacent to an activating group) is 1. The molecule has 0 bridgehead atoms. The Labute approximate surface area is 144 Å². The molecular formula is C19H27N3O2. The van der Waals surface area contributed by atoms with E-state index in [-0.39, 0.29) is 6.10 Å². The molecule has 24 heavy (non-hydrogen) atoms. The number of rotatable bonds is 8. The standard InChI is InChI=1S/C19H27N3O2/c1-4-22(5-2)13-14(3)23-15-7-6-8-16(11-15)24-17-9-10-18(20)19(21)12-17/h6-12,14H,4-5,13,20-21H2,1-3H3. The Balaban J connectivity index is 2.01. The van der Waals surface area contributed by atoms with Crippen LogP contribution in [0, 0.1) is 0 Å². The van der Waals surface area contributed by atoms with Crippen LogP contribution in [0.1, 0.15) is 20.8 Å². The van der Waals surface area contributed by atoms with E-state index in [0.717, 1.165) is 25.4 Å². The van der Waals surface area contributed by atoms with Gasteiger partial charge in [0.25, 0.3) is 0 Å². The zero-order valence-electron chi connectivity index (χ0n) is 14.7. The first-order valence-electron chi connectivity index (χ1n) is 8.33. The molecule has 130 valence electrons. The number of hydrogen-bond donors (Lipinski definition) is 2. The zero-order chi connectivity index (χ0) is 17.5. The summed E-state index contributed by atoms with van der Waals surface area (Å²) in [5.74, 6) is 2.14. The third-order valence-electron chi connectivity index (χ3n) is 3.85. The van der Waals surface area contributed by atoms with Crippen molar-refractivity contribution in [2.75, 3.05) is 31.1 Å². The van der Waals surface area contributed by atoms with Crippen LogP contribution < -0.4 is 20.9 Å². The second-order valence-corrected chi connectivity index (χ2v) is 5.78. The molecule has 0 radical (unpaired) electrons. The zero-order valence-corrected chi connectivity index (χ0v) is 14.7. The summed E-state index contributed by atoms with van der Waals surface area (Å²) in [4.78, 5) is 2.34. The maximum Gasteiger partial charge on any atom is 0.131 e. The van der Waals surface area contributed by atoms with E-state index in [1.165, 1.54) is 0 Å². The molecule has 0 spiro atoms. The van der Waals surface area contributed by atoms with Crippen LogP contribution >= 0.6 is 0 Å². The van der Waals surface area contributed by atoms with Crippen molar-refractivity contribution in [1.29, 1.82) is 0 Å². The lowest BCUT2D eigenvalue weighted by atomic mass is 10.2. The number of nitrogens with two attached hydrogens (primary N) is 2. The summed E-state index contributed by atoms with van der Waals surface area (Å²) < 4.78 is 11.8. The number of nitrogen functional groups attached to an aromatic ring is 2. The largest absolute Gasteiger partial charge is 0.489 e. The van der Waals surface area contributed by atoms with Gasteiger partial charge in [0, 0.05) is 18.7 Å². The Kier molecular flexibility index (Phi) is 6.32. The molecule has 0 amide bonds. The molecule has 2 rings (SSSR count). The lowest BCUT2D eigenvalue weighted by molar-refractivity contribution is 0.153. The molecule has 0 fully saturated rings. The fourth-order valence-corrected chi connectivity index (χ4v) is 2.48. The molecule has 1 unspecified atom stereocenters. The van der Waals surface area contributed by atoms with Gasteiger partial charge in [-0.2, -0.15) is 0 Å². The Hall–Kier alpha value is -2.40. The van der Waals surface area contributed by atoms with Crippen molar-refractivity contribution in [2.24, 2.45) is 0 Å². The molecule has 0 aliphatic carbocycles. The van der Waals surface area contributed by atoms with E-state index in [1.807, 2.05) is 24.3 Å². The molecule has 0 saturated heterocycles. The number of hydrogen-bond acceptors (Lipinski definition) is 5. The van der Waals surface area contributed by atoms with Gasteiger partial charge in [-0.3, -0.25) is 0 Å². The van der Waals surface area contributed by atoms with Crippen molar-refractivity contribution >= 4 is 11.4 Å². The molecular weight excluding hydrogens is 302 g/mol. The van der Waals surface area contributed by atoms with E-state index in [4.69, 9.17) is 20.9 Å². The normalized spacial score (nSPS) is 12.2. The van der Waals surface area contributed by atoms with Crippen molar-refractivity contribution in [3.8, 4) is 17.2 Å². The summed E-state index contributed by atoms with van der Waals surface area (Å²) >= 11 is 0. The van der Waals surface area contributed by atoms with Crippen molar-refractivity contribution in [3.05, 3.63) is 42.5 Å². The molecule has 4 N–H and O–H groups in total. The summed E-state index contributed by atoms with van der Waals surface area (Å²) in [6.45, 7) is 9.32. The summed E-state index contributed by atoms with van der Waals surface area (Å²) in [5, 5.41) is 0. The summed E-state index contributed by atoms with van der Waals surface area (Å²) in [6, 6.07) is 12.9. The lowest BCUT2D eigenvalue weighted by Crippen LogP contribution is -2.33.